The van der Waals surface area contributed by atoms with Gasteiger partial charge in [-0.25, -0.2) is 4.39 Å². The van der Waals surface area contributed by atoms with Crippen LogP contribution in [-0.2, 0) is 7.05 Å². The van der Waals surface area contributed by atoms with Gasteiger partial charge in [-0.05, 0) is 18.2 Å². The van der Waals surface area contributed by atoms with Crippen LogP contribution in [0, 0.1) is 5.82 Å². The lowest BCUT2D eigenvalue weighted by Crippen LogP contribution is -1.96. The van der Waals surface area contributed by atoms with E-state index in [9.17, 15) is 4.39 Å². The van der Waals surface area contributed by atoms with E-state index in [1.165, 1.54) is 18.3 Å². The van der Waals surface area contributed by atoms with Gasteiger partial charge in [0.1, 0.15) is 5.82 Å². The summed E-state index contributed by atoms with van der Waals surface area (Å²) in [6, 6.07) is 4.27. The second-order valence-corrected chi connectivity index (χ2v) is 3.67. The first-order valence-electron chi connectivity index (χ1n) is 4.32. The number of anilines is 1. The molecule has 0 unspecified atom stereocenters. The van der Waals surface area contributed by atoms with Crippen molar-refractivity contribution >= 4 is 17.3 Å². The molecule has 0 fully saturated rings. The zero-order valence-electron chi connectivity index (χ0n) is 8.04. The molecule has 0 aliphatic rings. The highest BCUT2D eigenvalue weighted by Gasteiger charge is 2.10. The summed E-state index contributed by atoms with van der Waals surface area (Å²) in [5.74, 6) is -0.391. The molecule has 0 bridgehead atoms. The Labute approximate surface area is 91.3 Å². The molecular formula is C10H9ClFN3. The van der Waals surface area contributed by atoms with E-state index < -0.39 is 5.82 Å². The Balaban J connectivity index is 2.63. The van der Waals surface area contributed by atoms with Crippen molar-refractivity contribution in [2.45, 2.75) is 0 Å². The van der Waals surface area contributed by atoms with Crippen molar-refractivity contribution in [3.05, 3.63) is 35.2 Å². The highest BCUT2D eigenvalue weighted by atomic mass is 35.5. The minimum atomic E-state index is -0.391. The molecule has 5 heteroatoms. The molecular weight excluding hydrogens is 217 g/mol. The van der Waals surface area contributed by atoms with Gasteiger partial charge in [0, 0.05) is 17.6 Å². The van der Waals surface area contributed by atoms with Crippen LogP contribution in [0.15, 0.2) is 24.4 Å². The van der Waals surface area contributed by atoms with Gasteiger partial charge in [-0.1, -0.05) is 11.6 Å². The minimum absolute atomic E-state index is 0.339. The third-order valence-corrected chi connectivity index (χ3v) is 2.32. The summed E-state index contributed by atoms with van der Waals surface area (Å²) in [4.78, 5) is 0. The zero-order valence-corrected chi connectivity index (χ0v) is 8.79. The van der Waals surface area contributed by atoms with Gasteiger partial charge in [-0.2, -0.15) is 5.10 Å². The first-order valence-corrected chi connectivity index (χ1v) is 4.69. The monoisotopic (exact) mass is 225 g/mol. The first kappa shape index (κ1) is 9.98. The Bertz CT molecular complexity index is 468. The summed E-state index contributed by atoms with van der Waals surface area (Å²) >= 11 is 5.76. The third kappa shape index (κ3) is 1.80. The summed E-state index contributed by atoms with van der Waals surface area (Å²) in [6.45, 7) is 0. The Kier molecular flexibility index (Phi) is 2.36. The number of halogens is 2. The van der Waals surface area contributed by atoms with Gasteiger partial charge < -0.3 is 5.73 Å². The van der Waals surface area contributed by atoms with Gasteiger partial charge in [0.15, 0.2) is 0 Å². The summed E-state index contributed by atoms with van der Waals surface area (Å²) in [5, 5.41) is 4.32. The Morgan fingerprint density at radius 3 is 2.67 bits per heavy atom. The van der Waals surface area contributed by atoms with Crippen molar-refractivity contribution < 1.29 is 4.39 Å². The molecule has 2 aromatic rings. The highest BCUT2D eigenvalue weighted by Crippen LogP contribution is 2.28. The van der Waals surface area contributed by atoms with E-state index >= 15 is 0 Å². The van der Waals surface area contributed by atoms with E-state index in [4.69, 9.17) is 17.3 Å². The van der Waals surface area contributed by atoms with Crippen LogP contribution in [0.4, 0.5) is 10.1 Å². The van der Waals surface area contributed by atoms with Crippen LogP contribution in [0.25, 0.3) is 11.3 Å². The Morgan fingerprint density at radius 1 is 1.40 bits per heavy atom. The van der Waals surface area contributed by atoms with Crippen LogP contribution in [0.2, 0.25) is 5.02 Å². The fourth-order valence-corrected chi connectivity index (χ4v) is 1.72. The maximum Gasteiger partial charge on any atom is 0.125 e. The fraction of sp³-hybridized carbons (Fsp3) is 0.100. The Morgan fingerprint density at radius 2 is 2.13 bits per heavy atom. The average Bonchev–Trinajstić information content (AvgIpc) is 2.44. The van der Waals surface area contributed by atoms with Crippen LogP contribution in [-0.4, -0.2) is 9.78 Å². The average molecular weight is 226 g/mol. The number of rotatable bonds is 1. The molecule has 0 aliphatic carbocycles. The molecule has 15 heavy (non-hydrogen) atoms. The second kappa shape index (κ2) is 3.55. The second-order valence-electron chi connectivity index (χ2n) is 3.23. The standard InChI is InChI=1S/C10H9ClFN3/c1-15-10(9(13)5-14-15)6-2-7(11)4-8(12)3-6/h2-5H,13H2,1H3. The smallest absolute Gasteiger partial charge is 0.125 e. The number of hydrogen-bond acceptors (Lipinski definition) is 2. The largest absolute Gasteiger partial charge is 0.396 e. The number of aryl methyl sites for hydroxylation is 1. The maximum absolute atomic E-state index is 13.1. The maximum atomic E-state index is 13.1. The van der Waals surface area contributed by atoms with Crippen molar-refractivity contribution in [3.8, 4) is 11.3 Å². The molecule has 1 aromatic carbocycles. The quantitative estimate of drug-likeness (QED) is 0.810. The summed E-state index contributed by atoms with van der Waals surface area (Å²) < 4.78 is 14.7. The van der Waals surface area contributed by atoms with Crippen molar-refractivity contribution in [1.82, 2.24) is 9.78 Å². The molecule has 0 saturated heterocycles. The van der Waals surface area contributed by atoms with Gasteiger partial charge in [0.25, 0.3) is 0 Å². The lowest BCUT2D eigenvalue weighted by atomic mass is 10.1. The predicted molar refractivity (Wildman–Crippen MR) is 58.0 cm³/mol. The van der Waals surface area contributed by atoms with Crippen molar-refractivity contribution in [2.75, 3.05) is 5.73 Å². The first-order chi connectivity index (χ1) is 7.08. The fourth-order valence-electron chi connectivity index (χ4n) is 1.50. The number of hydrogen-bond donors (Lipinski definition) is 1. The zero-order chi connectivity index (χ0) is 11.0. The molecule has 1 aromatic heterocycles. The SMILES string of the molecule is Cn1ncc(N)c1-c1cc(F)cc(Cl)c1. The van der Waals surface area contributed by atoms with Crippen LogP contribution in [0.1, 0.15) is 0 Å². The molecule has 3 nitrogen and oxygen atoms in total. The van der Waals surface area contributed by atoms with E-state index in [1.807, 2.05) is 0 Å². The number of nitrogen functional groups attached to an aromatic ring is 1. The summed E-state index contributed by atoms with van der Waals surface area (Å²) in [7, 11) is 1.74. The minimum Gasteiger partial charge on any atom is -0.396 e. The van der Waals surface area contributed by atoms with Gasteiger partial charge in [0.05, 0.1) is 17.6 Å². The van der Waals surface area contributed by atoms with Crippen LogP contribution >= 0.6 is 11.6 Å². The molecule has 0 radical (unpaired) electrons. The van der Waals surface area contributed by atoms with E-state index in [0.717, 1.165) is 0 Å². The lowest BCUT2D eigenvalue weighted by molar-refractivity contribution is 0.628. The molecule has 2 rings (SSSR count). The van der Waals surface area contributed by atoms with Crippen molar-refractivity contribution in [3.63, 3.8) is 0 Å². The molecule has 78 valence electrons. The highest BCUT2D eigenvalue weighted by molar-refractivity contribution is 6.30. The summed E-state index contributed by atoms with van der Waals surface area (Å²) in [5.41, 5.74) is 7.51. The lowest BCUT2D eigenvalue weighted by Gasteiger charge is -2.04. The van der Waals surface area contributed by atoms with Gasteiger partial charge in [0.2, 0.25) is 0 Å². The van der Waals surface area contributed by atoms with E-state index in [-0.39, 0.29) is 0 Å². The normalized spacial score (nSPS) is 10.6. The van der Waals surface area contributed by atoms with Crippen molar-refractivity contribution in [1.29, 1.82) is 0 Å². The molecule has 0 amide bonds. The molecule has 1 heterocycles. The van der Waals surface area contributed by atoms with Gasteiger partial charge in [-0.15, -0.1) is 0 Å². The number of nitrogens with two attached hydrogens (primary N) is 1. The van der Waals surface area contributed by atoms with E-state index in [0.29, 0.717) is 22.0 Å². The van der Waals surface area contributed by atoms with Gasteiger partial charge >= 0.3 is 0 Å². The topological polar surface area (TPSA) is 43.8 Å². The van der Waals surface area contributed by atoms with E-state index in [2.05, 4.69) is 5.10 Å². The number of aromatic nitrogens is 2. The van der Waals surface area contributed by atoms with Crippen molar-refractivity contribution in [2.24, 2.45) is 7.05 Å². The van der Waals surface area contributed by atoms with E-state index in [1.54, 1.807) is 17.8 Å². The van der Waals surface area contributed by atoms with Crippen LogP contribution in [0.5, 0.6) is 0 Å². The Hall–Kier alpha value is -1.55. The molecule has 0 aliphatic heterocycles. The molecule has 2 N–H and O–H groups in total. The third-order valence-electron chi connectivity index (χ3n) is 2.10. The molecule has 0 spiro atoms. The number of nitrogens with zero attached hydrogens (tertiary/aromatic N) is 2. The predicted octanol–water partition coefficient (Wildman–Crippen LogP) is 2.46. The molecule has 0 saturated carbocycles. The van der Waals surface area contributed by atoms with Crippen LogP contribution < -0.4 is 5.73 Å². The summed E-state index contributed by atoms with van der Waals surface area (Å²) in [6.07, 6.45) is 1.52. The molecule has 0 atom stereocenters. The van der Waals surface area contributed by atoms with Gasteiger partial charge in [-0.3, -0.25) is 4.68 Å². The van der Waals surface area contributed by atoms with Crippen LogP contribution in [0.3, 0.4) is 0 Å². The number of benzene rings is 1.